The van der Waals surface area contributed by atoms with Gasteiger partial charge in [-0.2, -0.15) is 0 Å². The van der Waals surface area contributed by atoms with Crippen molar-refractivity contribution >= 4 is 29.1 Å². The first-order valence-corrected chi connectivity index (χ1v) is 18.0. The first-order chi connectivity index (χ1) is 19.2. The quantitative estimate of drug-likeness (QED) is 0.0850. The van der Waals surface area contributed by atoms with Crippen molar-refractivity contribution in [2.75, 3.05) is 5.75 Å². The Hall–Kier alpha value is -0.840. The van der Waals surface area contributed by atoms with Crippen LogP contribution in [-0.2, 0) is 14.4 Å². The molecule has 5 heteroatoms. The Labute approximate surface area is 255 Å². The Morgan fingerprint density at radius 1 is 0.575 bits per heavy atom. The Bertz CT molecular complexity index is 537. The van der Waals surface area contributed by atoms with Crippen LogP contribution in [0.5, 0.6) is 0 Å². The lowest BCUT2D eigenvalue weighted by Gasteiger charge is -2.08. The van der Waals surface area contributed by atoms with Gasteiger partial charge in [-0.1, -0.05) is 176 Å². The third-order valence-corrected chi connectivity index (χ3v) is 8.31. The molecular formula is C35H70O4S. The summed E-state index contributed by atoms with van der Waals surface area (Å²) in [6.45, 7) is 14.6. The lowest BCUT2D eigenvalue weighted by atomic mass is 10.0. The van der Waals surface area contributed by atoms with Crippen LogP contribution in [0.4, 0.5) is 0 Å². The zero-order valence-corrected chi connectivity index (χ0v) is 28.8. The van der Waals surface area contributed by atoms with E-state index in [1.165, 1.54) is 121 Å². The van der Waals surface area contributed by atoms with E-state index >= 15 is 0 Å². The van der Waals surface area contributed by atoms with Crippen molar-refractivity contribution in [3.8, 4) is 0 Å². The van der Waals surface area contributed by atoms with E-state index in [-0.39, 0.29) is 17.8 Å². The first kappa shape index (κ1) is 43.6. The van der Waals surface area contributed by atoms with Gasteiger partial charge in [0.05, 0.1) is 5.92 Å². The molecule has 40 heavy (non-hydrogen) atoms. The van der Waals surface area contributed by atoms with Gasteiger partial charge in [-0.15, -0.1) is 0 Å². The normalized spacial score (nSPS) is 12.8. The maximum absolute atomic E-state index is 11.5. The molecule has 0 rings (SSSR count). The van der Waals surface area contributed by atoms with E-state index in [0.717, 1.165) is 37.7 Å². The van der Waals surface area contributed by atoms with Gasteiger partial charge in [0.15, 0.2) is 5.12 Å². The number of aldehydes is 1. The van der Waals surface area contributed by atoms with E-state index in [9.17, 15) is 14.4 Å². The van der Waals surface area contributed by atoms with Crippen LogP contribution in [0.25, 0.3) is 0 Å². The topological polar surface area (TPSA) is 71.4 Å². The number of hydrogen-bond acceptors (Lipinski definition) is 4. The summed E-state index contributed by atoms with van der Waals surface area (Å²) in [7, 11) is 0. The van der Waals surface area contributed by atoms with Gasteiger partial charge in [0, 0.05) is 11.8 Å². The second-order valence-electron chi connectivity index (χ2n) is 11.7. The second kappa shape index (κ2) is 36.2. The summed E-state index contributed by atoms with van der Waals surface area (Å²) in [5, 5.41) is 9.00. The van der Waals surface area contributed by atoms with Gasteiger partial charge in [-0.05, 0) is 25.0 Å². The molecule has 1 N–H and O–H groups in total. The Morgan fingerprint density at radius 3 is 1.27 bits per heavy atom. The molecule has 0 spiro atoms. The Kier molecular flexibility index (Phi) is 39.5. The van der Waals surface area contributed by atoms with Crippen LogP contribution in [0.15, 0.2) is 0 Å². The van der Waals surface area contributed by atoms with Crippen molar-refractivity contribution in [3.05, 3.63) is 0 Å². The third-order valence-electron chi connectivity index (χ3n) is 7.34. The zero-order valence-electron chi connectivity index (χ0n) is 27.9. The van der Waals surface area contributed by atoms with Crippen LogP contribution in [-0.4, -0.2) is 28.2 Å². The summed E-state index contributed by atoms with van der Waals surface area (Å²) in [4.78, 5) is 32.2. The summed E-state index contributed by atoms with van der Waals surface area (Å²) in [6.07, 6.45) is 27.3. The highest BCUT2D eigenvalue weighted by Gasteiger charge is 2.11. The summed E-state index contributed by atoms with van der Waals surface area (Å²) >= 11 is 1.47. The van der Waals surface area contributed by atoms with E-state index in [2.05, 4.69) is 27.7 Å². The molecule has 0 aliphatic carbocycles. The Morgan fingerprint density at radius 2 is 0.925 bits per heavy atom. The average Bonchev–Trinajstić information content (AvgIpc) is 2.94. The number of rotatable bonds is 25. The molecule has 0 aromatic carbocycles. The maximum atomic E-state index is 11.5. The van der Waals surface area contributed by atoms with Crippen molar-refractivity contribution in [1.82, 2.24) is 0 Å². The van der Waals surface area contributed by atoms with Crippen LogP contribution >= 0.6 is 11.8 Å². The van der Waals surface area contributed by atoms with Gasteiger partial charge in [0.1, 0.15) is 6.29 Å². The van der Waals surface area contributed by atoms with E-state index in [1.54, 1.807) is 6.92 Å². The van der Waals surface area contributed by atoms with Crippen molar-refractivity contribution in [2.45, 2.75) is 183 Å². The number of aliphatic carboxylic acids is 1. The van der Waals surface area contributed by atoms with Crippen molar-refractivity contribution in [2.24, 2.45) is 17.8 Å². The lowest BCUT2D eigenvalue weighted by molar-refractivity contribution is -0.141. The smallest absolute Gasteiger partial charge is 0.306 e. The molecule has 0 bridgehead atoms. The molecule has 0 aromatic heterocycles. The summed E-state index contributed by atoms with van der Waals surface area (Å²) in [6, 6.07) is 0. The molecule has 3 atom stereocenters. The minimum absolute atomic E-state index is 0.161. The van der Waals surface area contributed by atoms with Crippen molar-refractivity contribution in [1.29, 1.82) is 0 Å². The largest absolute Gasteiger partial charge is 0.481 e. The Balaban J connectivity index is -0.000000517. The second-order valence-corrected chi connectivity index (χ2v) is 12.9. The number of thioether (sulfide) groups is 1. The van der Waals surface area contributed by atoms with E-state index < -0.39 is 5.97 Å². The molecule has 0 radical (unpaired) electrons. The number of hydrogen-bond donors (Lipinski definition) is 1. The highest BCUT2D eigenvalue weighted by atomic mass is 32.2. The van der Waals surface area contributed by atoms with Crippen LogP contribution in [0, 0.1) is 17.8 Å². The predicted molar refractivity (Wildman–Crippen MR) is 178 cm³/mol. The molecule has 0 saturated heterocycles. The first-order valence-electron chi connectivity index (χ1n) is 17.1. The summed E-state index contributed by atoms with van der Waals surface area (Å²) < 4.78 is 0. The molecule has 0 aliphatic rings. The van der Waals surface area contributed by atoms with Gasteiger partial charge >= 0.3 is 5.97 Å². The van der Waals surface area contributed by atoms with Gasteiger partial charge in [-0.3, -0.25) is 9.59 Å². The predicted octanol–water partition coefficient (Wildman–Crippen LogP) is 11.7. The van der Waals surface area contributed by atoms with Gasteiger partial charge < -0.3 is 9.90 Å². The number of carbonyl (C=O) groups excluding carboxylic acids is 2. The molecule has 0 unspecified atom stereocenters. The fourth-order valence-electron chi connectivity index (χ4n) is 4.30. The van der Waals surface area contributed by atoms with Crippen molar-refractivity contribution in [3.63, 3.8) is 0 Å². The third kappa shape index (κ3) is 37.2. The molecule has 4 nitrogen and oxygen atoms in total. The summed E-state index contributed by atoms with van der Waals surface area (Å²) in [5.41, 5.74) is 0. The number of carboxylic acid groups (broad SMARTS) is 1. The number of unbranched alkanes of at least 4 members (excludes halogenated alkanes) is 15. The highest BCUT2D eigenvalue weighted by Crippen LogP contribution is 2.18. The fraction of sp³-hybridized carbons (Fsp3) is 0.914. The van der Waals surface area contributed by atoms with E-state index in [4.69, 9.17) is 5.11 Å². The SMILES string of the molecule is CCCCCCCC[C@H](C)C(=O)O.CCCCCCCC[C@H](C)C(=O)SCC.CCCCCCCC[C@H](C)C=O. The molecule has 0 fully saturated rings. The lowest BCUT2D eigenvalue weighted by Crippen LogP contribution is -2.08. The van der Waals surface area contributed by atoms with Crippen LogP contribution in [0.2, 0.25) is 0 Å². The standard InChI is InChI=1S/C13H26OS.C11H22O2.C11H22O/c1-4-6-7-8-9-10-11-12(3)13(14)15-5-2;1-3-4-5-6-7-8-9-10(2)11(12)13;1-3-4-5-6-7-8-9-11(2)10-12/h12H,4-11H2,1-3H3;10H,3-9H2,1-2H3,(H,12,13);10-11H,3-9H2,1-2H3/t12-;10-;11-/m000/s1. The van der Waals surface area contributed by atoms with Gasteiger partial charge in [0.2, 0.25) is 0 Å². The van der Waals surface area contributed by atoms with Crippen LogP contribution < -0.4 is 0 Å². The monoisotopic (exact) mass is 586 g/mol. The molecular weight excluding hydrogens is 516 g/mol. The van der Waals surface area contributed by atoms with E-state index in [0.29, 0.717) is 5.12 Å². The number of carbonyl (C=O) groups is 3. The molecule has 240 valence electrons. The molecule has 0 heterocycles. The highest BCUT2D eigenvalue weighted by molar-refractivity contribution is 8.13. The molecule has 0 amide bonds. The maximum Gasteiger partial charge on any atom is 0.306 e. The van der Waals surface area contributed by atoms with E-state index in [1.807, 2.05) is 13.8 Å². The van der Waals surface area contributed by atoms with Gasteiger partial charge in [0.25, 0.3) is 0 Å². The molecule has 0 aromatic rings. The zero-order chi connectivity index (χ0) is 30.9. The molecule has 0 saturated carbocycles. The van der Waals surface area contributed by atoms with Crippen molar-refractivity contribution < 1.29 is 19.5 Å². The average molecular weight is 587 g/mol. The minimum atomic E-state index is -0.659. The molecule has 0 aliphatic heterocycles. The summed E-state index contributed by atoms with van der Waals surface area (Å²) in [5.74, 6) is 0.636. The number of carboxylic acids is 1. The van der Waals surface area contributed by atoms with Gasteiger partial charge in [-0.25, -0.2) is 0 Å². The van der Waals surface area contributed by atoms with Crippen LogP contribution in [0.1, 0.15) is 183 Å². The minimum Gasteiger partial charge on any atom is -0.481 e. The van der Waals surface area contributed by atoms with Crippen LogP contribution in [0.3, 0.4) is 0 Å². The fourth-order valence-corrected chi connectivity index (χ4v) is 4.99.